The standard InChI is InChI=1S/C17H23NO5S/c1-4-18(15-8-9-24(21,22)11-15)16(19)13(3)23-17(20)14-7-5-6-12(2)10-14/h5-7,10,13,15H,4,8-9,11H2,1-3H3. The third kappa shape index (κ3) is 4.35. The molecule has 0 bridgehead atoms. The number of rotatable bonds is 5. The number of ether oxygens (including phenoxy) is 1. The number of benzene rings is 1. The van der Waals surface area contributed by atoms with Gasteiger partial charge in [-0.25, -0.2) is 13.2 Å². The largest absolute Gasteiger partial charge is 0.449 e. The van der Waals surface area contributed by atoms with Gasteiger partial charge in [0.05, 0.1) is 17.1 Å². The lowest BCUT2D eigenvalue weighted by Crippen LogP contribution is -2.46. The van der Waals surface area contributed by atoms with E-state index in [0.717, 1.165) is 5.56 Å². The zero-order valence-corrected chi connectivity index (χ0v) is 15.0. The fourth-order valence-corrected chi connectivity index (χ4v) is 4.63. The van der Waals surface area contributed by atoms with Crippen LogP contribution in [0.1, 0.15) is 36.2 Å². The minimum absolute atomic E-state index is 0.0227. The average Bonchev–Trinajstić information content (AvgIpc) is 2.87. The highest BCUT2D eigenvalue weighted by atomic mass is 32.2. The number of amides is 1. The molecule has 1 amide bonds. The molecule has 2 unspecified atom stereocenters. The lowest BCUT2D eigenvalue weighted by atomic mass is 10.1. The fourth-order valence-electron chi connectivity index (χ4n) is 2.90. The second kappa shape index (κ2) is 7.34. The third-order valence-corrected chi connectivity index (χ3v) is 5.91. The van der Waals surface area contributed by atoms with Crippen LogP contribution in [0.15, 0.2) is 24.3 Å². The summed E-state index contributed by atoms with van der Waals surface area (Å²) in [6, 6.07) is 6.60. The number of carbonyl (C=O) groups excluding carboxylic acids is 2. The number of hydrogen-bond acceptors (Lipinski definition) is 5. The lowest BCUT2D eigenvalue weighted by molar-refractivity contribution is -0.141. The van der Waals surface area contributed by atoms with E-state index in [1.165, 1.54) is 11.8 Å². The molecule has 0 radical (unpaired) electrons. The van der Waals surface area contributed by atoms with Crippen LogP contribution >= 0.6 is 0 Å². The van der Waals surface area contributed by atoms with Gasteiger partial charge < -0.3 is 9.64 Å². The van der Waals surface area contributed by atoms with Gasteiger partial charge in [0.15, 0.2) is 15.9 Å². The van der Waals surface area contributed by atoms with Crippen molar-refractivity contribution in [3.8, 4) is 0 Å². The maximum Gasteiger partial charge on any atom is 0.338 e. The average molecular weight is 353 g/mol. The second-order valence-corrected chi connectivity index (χ2v) is 8.33. The smallest absolute Gasteiger partial charge is 0.338 e. The van der Waals surface area contributed by atoms with E-state index < -0.39 is 21.9 Å². The van der Waals surface area contributed by atoms with Gasteiger partial charge in [0.1, 0.15) is 0 Å². The van der Waals surface area contributed by atoms with Crippen LogP contribution in [0, 0.1) is 6.92 Å². The van der Waals surface area contributed by atoms with Crippen molar-refractivity contribution < 1.29 is 22.7 Å². The van der Waals surface area contributed by atoms with Crippen molar-refractivity contribution >= 4 is 21.7 Å². The molecule has 0 N–H and O–H groups in total. The first-order valence-corrected chi connectivity index (χ1v) is 9.84. The highest BCUT2D eigenvalue weighted by molar-refractivity contribution is 7.91. The molecule has 1 aromatic rings. The van der Waals surface area contributed by atoms with E-state index in [1.807, 2.05) is 13.0 Å². The second-order valence-electron chi connectivity index (χ2n) is 6.10. The molecule has 0 aliphatic carbocycles. The van der Waals surface area contributed by atoms with Crippen LogP contribution in [0.5, 0.6) is 0 Å². The molecule has 2 atom stereocenters. The van der Waals surface area contributed by atoms with Gasteiger partial charge in [0, 0.05) is 12.6 Å². The molecule has 1 fully saturated rings. The molecule has 6 nitrogen and oxygen atoms in total. The minimum Gasteiger partial charge on any atom is -0.449 e. The summed E-state index contributed by atoms with van der Waals surface area (Å²) in [6.07, 6.45) is -0.526. The van der Waals surface area contributed by atoms with Crippen LogP contribution in [0.3, 0.4) is 0 Å². The first-order chi connectivity index (χ1) is 11.2. The summed E-state index contributed by atoms with van der Waals surface area (Å²) in [6.45, 7) is 5.55. The molecule has 1 aliphatic rings. The Balaban J connectivity index is 2.03. The Labute approximate surface area is 142 Å². The topological polar surface area (TPSA) is 80.8 Å². The zero-order valence-electron chi connectivity index (χ0n) is 14.2. The zero-order chi connectivity index (χ0) is 17.9. The van der Waals surface area contributed by atoms with Gasteiger partial charge in [0.25, 0.3) is 5.91 Å². The maximum atomic E-state index is 12.6. The van der Waals surface area contributed by atoms with E-state index >= 15 is 0 Å². The van der Waals surface area contributed by atoms with Gasteiger partial charge in [0.2, 0.25) is 0 Å². The first-order valence-electron chi connectivity index (χ1n) is 8.02. The number of carbonyl (C=O) groups is 2. The van der Waals surface area contributed by atoms with Crippen molar-refractivity contribution in [2.75, 3.05) is 18.1 Å². The molecular weight excluding hydrogens is 330 g/mol. The quantitative estimate of drug-likeness (QED) is 0.751. The number of sulfone groups is 1. The summed E-state index contributed by atoms with van der Waals surface area (Å²) in [5.74, 6) is -0.848. The molecule has 0 aromatic heterocycles. The highest BCUT2D eigenvalue weighted by Crippen LogP contribution is 2.19. The van der Waals surface area contributed by atoms with E-state index in [1.54, 1.807) is 25.1 Å². The van der Waals surface area contributed by atoms with Crippen molar-refractivity contribution in [3.63, 3.8) is 0 Å². The molecule has 24 heavy (non-hydrogen) atoms. The predicted molar refractivity (Wildman–Crippen MR) is 90.5 cm³/mol. The van der Waals surface area contributed by atoms with Crippen molar-refractivity contribution in [1.29, 1.82) is 0 Å². The first kappa shape index (κ1) is 18.4. The van der Waals surface area contributed by atoms with E-state index in [0.29, 0.717) is 18.5 Å². The maximum absolute atomic E-state index is 12.6. The Bertz CT molecular complexity index is 728. The number of nitrogens with zero attached hydrogens (tertiary/aromatic N) is 1. The molecule has 0 saturated carbocycles. The van der Waals surface area contributed by atoms with Crippen molar-refractivity contribution in [1.82, 2.24) is 4.90 Å². The lowest BCUT2D eigenvalue weighted by Gasteiger charge is -2.29. The summed E-state index contributed by atoms with van der Waals surface area (Å²) in [7, 11) is -3.08. The van der Waals surface area contributed by atoms with E-state index in [4.69, 9.17) is 4.74 Å². The molecule has 1 heterocycles. The Morgan fingerprint density at radius 1 is 1.38 bits per heavy atom. The number of hydrogen-bond donors (Lipinski definition) is 0. The Morgan fingerprint density at radius 3 is 2.62 bits per heavy atom. The van der Waals surface area contributed by atoms with E-state index in [2.05, 4.69) is 0 Å². The fraction of sp³-hybridized carbons (Fsp3) is 0.529. The van der Waals surface area contributed by atoms with Gasteiger partial charge in [-0.2, -0.15) is 0 Å². The van der Waals surface area contributed by atoms with Gasteiger partial charge in [-0.3, -0.25) is 4.79 Å². The van der Waals surface area contributed by atoms with Crippen LogP contribution in [0.25, 0.3) is 0 Å². The Kier molecular flexibility index (Phi) is 5.64. The Hall–Kier alpha value is -1.89. The molecule has 7 heteroatoms. The van der Waals surface area contributed by atoms with Gasteiger partial charge in [-0.05, 0) is 39.3 Å². The number of likely N-dealkylation sites (N-methyl/N-ethyl adjacent to an activating group) is 1. The van der Waals surface area contributed by atoms with Gasteiger partial charge in [-0.1, -0.05) is 17.7 Å². The van der Waals surface area contributed by atoms with Gasteiger partial charge in [-0.15, -0.1) is 0 Å². The third-order valence-electron chi connectivity index (χ3n) is 4.16. The molecule has 132 valence electrons. The summed E-state index contributed by atoms with van der Waals surface area (Å²) < 4.78 is 28.5. The SMILES string of the molecule is CCN(C(=O)C(C)OC(=O)c1cccc(C)c1)C1CCS(=O)(=O)C1. The Morgan fingerprint density at radius 2 is 2.08 bits per heavy atom. The number of aryl methyl sites for hydroxylation is 1. The summed E-state index contributed by atoms with van der Waals surface area (Å²) in [5, 5.41) is 0. The number of esters is 1. The van der Waals surface area contributed by atoms with E-state index in [-0.39, 0.29) is 23.5 Å². The molecule has 1 aromatic carbocycles. The van der Waals surface area contributed by atoms with Crippen LogP contribution in [-0.4, -0.2) is 55.4 Å². The van der Waals surface area contributed by atoms with Crippen molar-refractivity contribution in [2.24, 2.45) is 0 Å². The summed E-state index contributed by atoms with van der Waals surface area (Å²) in [5.41, 5.74) is 1.32. The van der Waals surface area contributed by atoms with Crippen molar-refractivity contribution in [3.05, 3.63) is 35.4 Å². The monoisotopic (exact) mass is 353 g/mol. The predicted octanol–water partition coefficient (Wildman–Crippen LogP) is 1.58. The molecule has 2 rings (SSSR count). The molecular formula is C17H23NO5S. The normalized spacial score (nSPS) is 20.4. The van der Waals surface area contributed by atoms with Crippen LogP contribution < -0.4 is 0 Å². The van der Waals surface area contributed by atoms with Gasteiger partial charge >= 0.3 is 5.97 Å². The summed E-state index contributed by atoms with van der Waals surface area (Å²) >= 11 is 0. The molecule has 1 aliphatic heterocycles. The highest BCUT2D eigenvalue weighted by Gasteiger charge is 2.36. The molecule has 1 saturated heterocycles. The van der Waals surface area contributed by atoms with Crippen LogP contribution in [0.4, 0.5) is 0 Å². The van der Waals surface area contributed by atoms with Crippen LogP contribution in [0.2, 0.25) is 0 Å². The van der Waals surface area contributed by atoms with E-state index in [9.17, 15) is 18.0 Å². The molecule has 0 spiro atoms. The van der Waals surface area contributed by atoms with Crippen LogP contribution in [-0.2, 0) is 19.4 Å². The van der Waals surface area contributed by atoms with Crippen molar-refractivity contribution in [2.45, 2.75) is 39.3 Å². The summed E-state index contributed by atoms with van der Waals surface area (Å²) in [4.78, 5) is 26.2. The minimum atomic E-state index is -3.08.